The second-order valence-electron chi connectivity index (χ2n) is 7.16. The van der Waals surface area contributed by atoms with Crippen LogP contribution in [-0.4, -0.2) is 52.8 Å². The summed E-state index contributed by atoms with van der Waals surface area (Å²) in [4.78, 5) is 21.6. The van der Waals surface area contributed by atoms with E-state index >= 15 is 0 Å². The fourth-order valence-electron chi connectivity index (χ4n) is 2.73. The van der Waals surface area contributed by atoms with E-state index in [9.17, 15) is 35.2 Å². The van der Waals surface area contributed by atoms with Crippen molar-refractivity contribution >= 4 is 15.8 Å². The molecule has 0 aliphatic carbocycles. The van der Waals surface area contributed by atoms with Crippen LogP contribution in [0.5, 0.6) is 0 Å². The molecule has 0 amide bonds. The molecule has 36 heavy (non-hydrogen) atoms. The van der Waals surface area contributed by atoms with E-state index in [1.807, 2.05) is 6.07 Å². The van der Waals surface area contributed by atoms with Gasteiger partial charge in [-0.3, -0.25) is 0 Å². The van der Waals surface area contributed by atoms with Crippen LogP contribution in [-0.2, 0) is 21.2 Å². The average Bonchev–Trinajstić information content (AvgIpc) is 3.16. The predicted molar refractivity (Wildman–Crippen MR) is 118 cm³/mol. The van der Waals surface area contributed by atoms with Crippen LogP contribution in [0, 0.1) is 0 Å². The number of carboxylic acid groups (broad SMARTS) is 1. The van der Waals surface area contributed by atoms with Gasteiger partial charge in [0.1, 0.15) is 6.33 Å². The van der Waals surface area contributed by atoms with Gasteiger partial charge in [-0.1, -0.05) is 24.3 Å². The molecule has 1 heterocycles. The van der Waals surface area contributed by atoms with Crippen LogP contribution in [0.2, 0.25) is 0 Å². The molecule has 0 bridgehead atoms. The lowest BCUT2D eigenvalue weighted by Gasteiger charge is -2.07. The summed E-state index contributed by atoms with van der Waals surface area (Å²) in [5.41, 5.74) is 6.34. The zero-order valence-corrected chi connectivity index (χ0v) is 19.2. The molecule has 3 N–H and O–H groups in total. The van der Waals surface area contributed by atoms with E-state index in [1.54, 1.807) is 30.3 Å². The number of nitrogens with zero attached hydrogens (tertiary/aromatic N) is 3. The summed E-state index contributed by atoms with van der Waals surface area (Å²) in [5.74, 6) is -2.76. The molecule has 0 atom stereocenters. The van der Waals surface area contributed by atoms with Crippen molar-refractivity contribution in [3.63, 3.8) is 0 Å². The van der Waals surface area contributed by atoms with Crippen LogP contribution in [0.15, 0.2) is 76.2 Å². The van der Waals surface area contributed by atoms with Crippen molar-refractivity contribution in [1.29, 1.82) is 0 Å². The van der Waals surface area contributed by atoms with Crippen LogP contribution < -0.4 is 11.4 Å². The SMILES string of the molecule is CS(=O)(=O)c1ccc(-c2cccc(-n3cnn(CC(CN)=C(F)F)c3=O)c2)cc1.O=C(O)C(F)(F)F. The van der Waals surface area contributed by atoms with Crippen molar-refractivity contribution in [2.45, 2.75) is 17.6 Å². The number of alkyl halides is 3. The summed E-state index contributed by atoms with van der Waals surface area (Å²) < 4.78 is 82.7. The van der Waals surface area contributed by atoms with Gasteiger partial charge >= 0.3 is 17.8 Å². The lowest BCUT2D eigenvalue weighted by Crippen LogP contribution is -2.26. The Morgan fingerprint density at radius 2 is 1.67 bits per heavy atom. The third kappa shape index (κ3) is 7.32. The average molecular weight is 534 g/mol. The maximum atomic E-state index is 12.8. The molecule has 15 heteroatoms. The van der Waals surface area contributed by atoms with Crippen LogP contribution >= 0.6 is 0 Å². The van der Waals surface area contributed by atoms with Crippen molar-refractivity contribution in [3.8, 4) is 16.8 Å². The summed E-state index contributed by atoms with van der Waals surface area (Å²) in [5, 5.41) is 11.0. The lowest BCUT2D eigenvalue weighted by molar-refractivity contribution is -0.192. The van der Waals surface area contributed by atoms with Crippen molar-refractivity contribution < 1.29 is 40.3 Å². The highest BCUT2D eigenvalue weighted by molar-refractivity contribution is 7.90. The molecular formula is C21H19F5N4O5S. The number of nitrogens with two attached hydrogens (primary N) is 1. The fourth-order valence-corrected chi connectivity index (χ4v) is 3.37. The molecule has 3 aromatic rings. The minimum atomic E-state index is -5.08. The number of carbonyl (C=O) groups is 1. The predicted octanol–water partition coefficient (Wildman–Crippen LogP) is 2.85. The van der Waals surface area contributed by atoms with Gasteiger partial charge in [-0.2, -0.15) is 27.1 Å². The Morgan fingerprint density at radius 3 is 2.14 bits per heavy atom. The number of aliphatic carboxylic acids is 1. The maximum absolute atomic E-state index is 12.8. The summed E-state index contributed by atoms with van der Waals surface area (Å²) in [6, 6.07) is 13.3. The Balaban J connectivity index is 0.000000572. The van der Waals surface area contributed by atoms with Gasteiger partial charge in [0, 0.05) is 18.4 Å². The number of benzene rings is 2. The van der Waals surface area contributed by atoms with Gasteiger partial charge in [0.15, 0.2) is 9.84 Å². The fraction of sp³-hybridized carbons (Fsp3) is 0.190. The standard InChI is InChI=1S/C19H18F2N4O3S.C2HF3O2/c1-29(27,28)17-7-5-13(6-8-17)14-3-2-4-16(9-14)24-12-23-25(19(24)26)11-15(10-22)18(20)21;3-2(4,5)1(6)7/h2-9,12H,10-11,22H2,1H3;(H,6,7). The van der Waals surface area contributed by atoms with E-state index in [0.29, 0.717) is 5.69 Å². The highest BCUT2D eigenvalue weighted by atomic mass is 32.2. The Bertz CT molecular complexity index is 1420. The number of rotatable bonds is 6. The minimum absolute atomic E-state index is 0.207. The van der Waals surface area contributed by atoms with E-state index in [4.69, 9.17) is 15.6 Å². The van der Waals surface area contributed by atoms with Gasteiger partial charge in [-0.15, -0.1) is 0 Å². The van der Waals surface area contributed by atoms with Crippen molar-refractivity contribution in [2.24, 2.45) is 5.73 Å². The lowest BCUT2D eigenvalue weighted by atomic mass is 10.1. The maximum Gasteiger partial charge on any atom is 0.490 e. The molecule has 9 nitrogen and oxygen atoms in total. The van der Waals surface area contributed by atoms with Crippen molar-refractivity contribution in [1.82, 2.24) is 14.3 Å². The van der Waals surface area contributed by atoms with Gasteiger partial charge in [0.2, 0.25) is 0 Å². The van der Waals surface area contributed by atoms with E-state index in [0.717, 1.165) is 22.1 Å². The first-order chi connectivity index (χ1) is 16.6. The topological polar surface area (TPSA) is 137 Å². The first-order valence-electron chi connectivity index (χ1n) is 9.73. The summed E-state index contributed by atoms with van der Waals surface area (Å²) in [6.45, 7) is -0.766. The van der Waals surface area contributed by atoms with E-state index < -0.39 is 40.3 Å². The van der Waals surface area contributed by atoms with E-state index in [2.05, 4.69) is 5.10 Å². The Kier molecular flexibility index (Phi) is 8.88. The third-order valence-electron chi connectivity index (χ3n) is 4.57. The number of sulfone groups is 1. The third-order valence-corrected chi connectivity index (χ3v) is 5.70. The summed E-state index contributed by atoms with van der Waals surface area (Å²) >= 11 is 0. The van der Waals surface area contributed by atoms with Gasteiger partial charge in [0.25, 0.3) is 6.08 Å². The van der Waals surface area contributed by atoms with Gasteiger partial charge in [-0.25, -0.2) is 27.3 Å². The van der Waals surface area contributed by atoms with E-state index in [-0.39, 0.29) is 17.0 Å². The number of carboxylic acids is 1. The molecule has 0 radical (unpaired) electrons. The Hall–Kier alpha value is -3.85. The second-order valence-corrected chi connectivity index (χ2v) is 9.17. The van der Waals surface area contributed by atoms with Crippen LogP contribution in [0.3, 0.4) is 0 Å². The first kappa shape index (κ1) is 28.4. The molecule has 0 unspecified atom stereocenters. The van der Waals surface area contributed by atoms with Crippen LogP contribution in [0.4, 0.5) is 22.0 Å². The molecule has 0 saturated heterocycles. The number of hydrogen-bond donors (Lipinski definition) is 2. The molecule has 0 fully saturated rings. The molecule has 3 rings (SSSR count). The summed E-state index contributed by atoms with van der Waals surface area (Å²) in [7, 11) is -3.30. The van der Waals surface area contributed by atoms with Crippen molar-refractivity contribution in [2.75, 3.05) is 12.8 Å². The zero-order valence-electron chi connectivity index (χ0n) is 18.4. The Labute approximate surface area is 200 Å². The Morgan fingerprint density at radius 1 is 1.08 bits per heavy atom. The van der Waals surface area contributed by atoms with E-state index in [1.165, 1.54) is 23.0 Å². The quantitative estimate of drug-likeness (QED) is 0.464. The van der Waals surface area contributed by atoms with Gasteiger partial charge < -0.3 is 10.8 Å². The highest BCUT2D eigenvalue weighted by Crippen LogP contribution is 2.23. The molecule has 0 aliphatic rings. The monoisotopic (exact) mass is 534 g/mol. The smallest absolute Gasteiger partial charge is 0.475 e. The molecule has 0 aliphatic heterocycles. The normalized spacial score (nSPS) is 11.4. The largest absolute Gasteiger partial charge is 0.490 e. The number of hydrogen-bond acceptors (Lipinski definition) is 6. The van der Waals surface area contributed by atoms with Gasteiger partial charge in [0.05, 0.1) is 17.1 Å². The minimum Gasteiger partial charge on any atom is -0.475 e. The highest BCUT2D eigenvalue weighted by Gasteiger charge is 2.38. The second kappa shape index (κ2) is 11.3. The number of aromatic nitrogens is 3. The molecule has 194 valence electrons. The molecule has 1 aromatic heterocycles. The molecular weight excluding hydrogens is 515 g/mol. The molecule has 0 spiro atoms. The molecule has 2 aromatic carbocycles. The molecule has 0 saturated carbocycles. The van der Waals surface area contributed by atoms with Crippen LogP contribution in [0.1, 0.15) is 0 Å². The van der Waals surface area contributed by atoms with Crippen LogP contribution in [0.25, 0.3) is 16.8 Å². The number of halogens is 5. The summed E-state index contributed by atoms with van der Waals surface area (Å²) in [6.07, 6.45) is -4.63. The first-order valence-corrected chi connectivity index (χ1v) is 11.6. The van der Waals surface area contributed by atoms with Crippen molar-refractivity contribution in [3.05, 3.63) is 77.0 Å². The van der Waals surface area contributed by atoms with Gasteiger partial charge in [-0.05, 0) is 35.4 Å². The zero-order chi connectivity index (χ0) is 27.3.